The van der Waals surface area contributed by atoms with Crippen molar-refractivity contribution < 1.29 is 0 Å². The van der Waals surface area contributed by atoms with Gasteiger partial charge in [-0.1, -0.05) is 0 Å². The predicted octanol–water partition coefficient (Wildman–Crippen LogP) is 0.570. The fourth-order valence-electron chi connectivity index (χ4n) is 1.00. The molecule has 1 N–H and O–H groups in total. The SMILES string of the molecule is Cc1cnccc1-c1nn[nH]n1. The number of aryl methyl sites for hydroxylation is 1. The van der Waals surface area contributed by atoms with Crippen LogP contribution in [0.3, 0.4) is 0 Å². The average molecular weight is 161 g/mol. The highest BCUT2D eigenvalue weighted by molar-refractivity contribution is 5.57. The molecule has 0 aromatic carbocycles. The monoisotopic (exact) mass is 161 g/mol. The normalized spacial score (nSPS) is 10.1. The molecule has 5 heteroatoms. The number of H-pyrrole nitrogens is 1. The number of aromatic nitrogens is 5. The molecule has 2 rings (SSSR count). The minimum atomic E-state index is 0.606. The summed E-state index contributed by atoms with van der Waals surface area (Å²) in [6.45, 7) is 1.96. The smallest absolute Gasteiger partial charge is 0.205 e. The number of hydrogen-bond acceptors (Lipinski definition) is 4. The van der Waals surface area contributed by atoms with Crippen molar-refractivity contribution in [3.8, 4) is 11.4 Å². The van der Waals surface area contributed by atoms with Gasteiger partial charge in [0.05, 0.1) is 0 Å². The summed E-state index contributed by atoms with van der Waals surface area (Å²) in [6.07, 6.45) is 3.48. The third kappa shape index (κ3) is 1.05. The van der Waals surface area contributed by atoms with Crippen LogP contribution in [0.4, 0.5) is 0 Å². The first-order valence-corrected chi connectivity index (χ1v) is 3.52. The van der Waals surface area contributed by atoms with E-state index < -0.39 is 0 Å². The standard InChI is InChI=1S/C7H7N5/c1-5-4-8-3-2-6(5)7-9-11-12-10-7/h2-4H,1H3,(H,9,10,11,12). The van der Waals surface area contributed by atoms with Gasteiger partial charge in [-0.05, 0) is 23.8 Å². The lowest BCUT2D eigenvalue weighted by Gasteiger charge is -1.96. The Morgan fingerprint density at radius 2 is 2.33 bits per heavy atom. The molecule has 2 aromatic rings. The van der Waals surface area contributed by atoms with E-state index in [1.54, 1.807) is 12.4 Å². The maximum Gasteiger partial charge on any atom is 0.205 e. The van der Waals surface area contributed by atoms with Crippen molar-refractivity contribution >= 4 is 0 Å². The van der Waals surface area contributed by atoms with Gasteiger partial charge in [0, 0.05) is 18.0 Å². The topological polar surface area (TPSA) is 67.3 Å². The number of nitrogens with one attached hydrogen (secondary N) is 1. The Hall–Kier alpha value is -1.78. The van der Waals surface area contributed by atoms with E-state index in [9.17, 15) is 0 Å². The fourth-order valence-corrected chi connectivity index (χ4v) is 1.00. The molecule has 2 heterocycles. The van der Waals surface area contributed by atoms with Gasteiger partial charge < -0.3 is 0 Å². The summed E-state index contributed by atoms with van der Waals surface area (Å²) in [6, 6.07) is 1.86. The van der Waals surface area contributed by atoms with Crippen LogP contribution < -0.4 is 0 Å². The van der Waals surface area contributed by atoms with Gasteiger partial charge in [-0.15, -0.1) is 10.2 Å². The molecule has 0 saturated heterocycles. The third-order valence-electron chi connectivity index (χ3n) is 1.61. The van der Waals surface area contributed by atoms with Crippen molar-refractivity contribution in [3.63, 3.8) is 0 Å². The molecular weight excluding hydrogens is 154 g/mol. The average Bonchev–Trinajstić information content (AvgIpc) is 2.57. The minimum absolute atomic E-state index is 0.606. The summed E-state index contributed by atoms with van der Waals surface area (Å²) in [5, 5.41) is 13.6. The van der Waals surface area contributed by atoms with Crippen molar-refractivity contribution in [2.24, 2.45) is 0 Å². The molecule has 0 bridgehead atoms. The van der Waals surface area contributed by atoms with Crippen molar-refractivity contribution in [1.29, 1.82) is 0 Å². The second kappa shape index (κ2) is 2.69. The highest BCUT2D eigenvalue weighted by atomic mass is 15.5. The summed E-state index contributed by atoms with van der Waals surface area (Å²) in [5.74, 6) is 0.606. The second-order valence-corrected chi connectivity index (χ2v) is 2.43. The molecule has 0 fully saturated rings. The lowest BCUT2D eigenvalue weighted by atomic mass is 10.1. The quantitative estimate of drug-likeness (QED) is 0.663. The van der Waals surface area contributed by atoms with Crippen LogP contribution in [-0.4, -0.2) is 25.6 Å². The highest BCUT2D eigenvalue weighted by Gasteiger charge is 2.04. The zero-order valence-electron chi connectivity index (χ0n) is 6.52. The molecule has 0 spiro atoms. The van der Waals surface area contributed by atoms with E-state index in [4.69, 9.17) is 0 Å². The molecule has 5 nitrogen and oxygen atoms in total. The van der Waals surface area contributed by atoms with Gasteiger partial charge in [0.2, 0.25) is 5.82 Å². The number of tetrazole rings is 1. The molecule has 0 aliphatic carbocycles. The van der Waals surface area contributed by atoms with E-state index in [0.717, 1.165) is 11.1 Å². The molecule has 0 atom stereocenters. The van der Waals surface area contributed by atoms with E-state index in [1.165, 1.54) is 0 Å². The number of hydrogen-bond donors (Lipinski definition) is 1. The van der Waals surface area contributed by atoms with Crippen molar-refractivity contribution in [2.75, 3.05) is 0 Å². The first-order chi connectivity index (χ1) is 5.88. The molecular formula is C7H7N5. The number of rotatable bonds is 1. The van der Waals surface area contributed by atoms with Crippen molar-refractivity contribution in [3.05, 3.63) is 24.0 Å². The Balaban J connectivity index is 2.55. The van der Waals surface area contributed by atoms with Crippen LogP contribution in [-0.2, 0) is 0 Å². The summed E-state index contributed by atoms with van der Waals surface area (Å²) in [7, 11) is 0. The molecule has 0 unspecified atom stereocenters. The molecule has 0 aliphatic heterocycles. The van der Waals surface area contributed by atoms with E-state index in [0.29, 0.717) is 5.82 Å². The van der Waals surface area contributed by atoms with E-state index >= 15 is 0 Å². The van der Waals surface area contributed by atoms with Crippen LogP contribution in [0.1, 0.15) is 5.56 Å². The van der Waals surface area contributed by atoms with Gasteiger partial charge >= 0.3 is 0 Å². The molecule has 60 valence electrons. The predicted molar refractivity (Wildman–Crippen MR) is 42.1 cm³/mol. The zero-order valence-corrected chi connectivity index (χ0v) is 6.52. The summed E-state index contributed by atoms with van der Waals surface area (Å²) in [5.41, 5.74) is 2.00. The van der Waals surface area contributed by atoms with Gasteiger partial charge in [-0.2, -0.15) is 5.21 Å². The highest BCUT2D eigenvalue weighted by Crippen LogP contribution is 2.15. The van der Waals surface area contributed by atoms with Crippen LogP contribution >= 0.6 is 0 Å². The maximum absolute atomic E-state index is 3.97. The van der Waals surface area contributed by atoms with Crippen LogP contribution in [0.25, 0.3) is 11.4 Å². The van der Waals surface area contributed by atoms with Crippen LogP contribution in [0.5, 0.6) is 0 Å². The van der Waals surface area contributed by atoms with Crippen molar-refractivity contribution in [1.82, 2.24) is 25.6 Å². The number of pyridine rings is 1. The Bertz CT molecular complexity index is 367. The molecule has 0 saturated carbocycles. The van der Waals surface area contributed by atoms with Gasteiger partial charge in [-0.3, -0.25) is 4.98 Å². The van der Waals surface area contributed by atoms with E-state index in [-0.39, 0.29) is 0 Å². The molecule has 12 heavy (non-hydrogen) atoms. The Kier molecular flexibility index (Phi) is 1.55. The largest absolute Gasteiger partial charge is 0.264 e. The summed E-state index contributed by atoms with van der Waals surface area (Å²) < 4.78 is 0. The zero-order chi connectivity index (χ0) is 8.39. The maximum atomic E-state index is 3.97. The molecule has 0 radical (unpaired) electrons. The first-order valence-electron chi connectivity index (χ1n) is 3.52. The first kappa shape index (κ1) is 6.90. The lowest BCUT2D eigenvalue weighted by Crippen LogP contribution is -1.86. The van der Waals surface area contributed by atoms with Gasteiger partial charge in [0.25, 0.3) is 0 Å². The third-order valence-corrected chi connectivity index (χ3v) is 1.61. The van der Waals surface area contributed by atoms with Gasteiger partial charge in [0.15, 0.2) is 0 Å². The molecule has 2 aromatic heterocycles. The Labute approximate surface area is 68.8 Å². The Morgan fingerprint density at radius 3 is 3.00 bits per heavy atom. The van der Waals surface area contributed by atoms with Gasteiger partial charge in [-0.25, -0.2) is 0 Å². The Morgan fingerprint density at radius 1 is 1.42 bits per heavy atom. The molecule has 0 aliphatic rings. The van der Waals surface area contributed by atoms with Crippen LogP contribution in [0, 0.1) is 6.92 Å². The van der Waals surface area contributed by atoms with Crippen molar-refractivity contribution in [2.45, 2.75) is 6.92 Å². The number of aromatic amines is 1. The van der Waals surface area contributed by atoms with E-state index in [2.05, 4.69) is 25.6 Å². The summed E-state index contributed by atoms with van der Waals surface area (Å²) in [4.78, 5) is 3.97. The summed E-state index contributed by atoms with van der Waals surface area (Å²) >= 11 is 0. The molecule has 0 amide bonds. The van der Waals surface area contributed by atoms with E-state index in [1.807, 2.05) is 13.0 Å². The number of nitrogens with zero attached hydrogens (tertiary/aromatic N) is 4. The van der Waals surface area contributed by atoms with Crippen LogP contribution in [0.2, 0.25) is 0 Å². The minimum Gasteiger partial charge on any atom is -0.264 e. The fraction of sp³-hybridized carbons (Fsp3) is 0.143. The van der Waals surface area contributed by atoms with Crippen LogP contribution in [0.15, 0.2) is 18.5 Å². The van der Waals surface area contributed by atoms with Gasteiger partial charge in [0.1, 0.15) is 0 Å². The second-order valence-electron chi connectivity index (χ2n) is 2.43. The lowest BCUT2D eigenvalue weighted by molar-refractivity contribution is 0.881.